The van der Waals surface area contributed by atoms with Gasteiger partial charge in [0.1, 0.15) is 0 Å². The van der Waals surface area contributed by atoms with Gasteiger partial charge in [-0.1, -0.05) is 13.8 Å². The number of rotatable bonds is 7. The van der Waals surface area contributed by atoms with Gasteiger partial charge in [-0.3, -0.25) is 4.79 Å². The first-order chi connectivity index (χ1) is 9.45. The summed E-state index contributed by atoms with van der Waals surface area (Å²) in [6.45, 7) is 7.52. The number of carbonyl (C=O) groups excluding carboxylic acids is 1. The summed E-state index contributed by atoms with van der Waals surface area (Å²) in [6, 6.07) is 0. The average molecular weight is 307 g/mol. The van der Waals surface area contributed by atoms with Crippen molar-refractivity contribution in [2.45, 2.75) is 20.3 Å². The van der Waals surface area contributed by atoms with Gasteiger partial charge in [0.15, 0.2) is 0 Å². The van der Waals surface area contributed by atoms with Crippen LogP contribution in [0.15, 0.2) is 0 Å². The van der Waals surface area contributed by atoms with Gasteiger partial charge in [0, 0.05) is 45.8 Å². The summed E-state index contributed by atoms with van der Waals surface area (Å²) in [7, 11) is -1.96. The fraction of sp³-hybridized carbons (Fsp3) is 0.917. The SMILES string of the molecule is CCN(CC)S(=O)(=O)N1CCN(CCC(=O)OC)CC1. The fourth-order valence-electron chi connectivity index (χ4n) is 2.25. The minimum Gasteiger partial charge on any atom is -0.469 e. The average Bonchev–Trinajstić information content (AvgIpc) is 2.46. The molecule has 0 aromatic carbocycles. The highest BCUT2D eigenvalue weighted by atomic mass is 32.2. The summed E-state index contributed by atoms with van der Waals surface area (Å²) >= 11 is 0. The van der Waals surface area contributed by atoms with Crippen molar-refractivity contribution in [3.8, 4) is 0 Å². The van der Waals surface area contributed by atoms with Crippen molar-refractivity contribution in [2.75, 3.05) is 52.9 Å². The van der Waals surface area contributed by atoms with Crippen molar-refractivity contribution in [3.05, 3.63) is 0 Å². The Hall–Kier alpha value is -0.700. The largest absolute Gasteiger partial charge is 0.469 e. The monoisotopic (exact) mass is 307 g/mol. The lowest BCUT2D eigenvalue weighted by Gasteiger charge is -2.36. The van der Waals surface area contributed by atoms with Crippen molar-refractivity contribution >= 4 is 16.2 Å². The van der Waals surface area contributed by atoms with Crippen LogP contribution in [0.25, 0.3) is 0 Å². The lowest BCUT2D eigenvalue weighted by atomic mass is 10.3. The highest BCUT2D eigenvalue weighted by Crippen LogP contribution is 2.12. The van der Waals surface area contributed by atoms with Gasteiger partial charge in [-0.2, -0.15) is 17.0 Å². The number of esters is 1. The Morgan fingerprint density at radius 2 is 1.70 bits per heavy atom. The summed E-state index contributed by atoms with van der Waals surface area (Å²) in [6.07, 6.45) is 0.347. The maximum absolute atomic E-state index is 12.3. The van der Waals surface area contributed by atoms with E-state index >= 15 is 0 Å². The second-order valence-electron chi connectivity index (χ2n) is 4.66. The van der Waals surface area contributed by atoms with E-state index in [2.05, 4.69) is 9.64 Å². The van der Waals surface area contributed by atoms with Gasteiger partial charge in [0.2, 0.25) is 0 Å². The molecule has 0 unspecified atom stereocenters. The maximum atomic E-state index is 12.3. The number of nitrogens with zero attached hydrogens (tertiary/aromatic N) is 3. The van der Waals surface area contributed by atoms with Crippen LogP contribution in [0.2, 0.25) is 0 Å². The van der Waals surface area contributed by atoms with Crippen LogP contribution < -0.4 is 0 Å². The molecule has 1 fully saturated rings. The normalized spacial score (nSPS) is 18.4. The van der Waals surface area contributed by atoms with E-state index in [9.17, 15) is 13.2 Å². The molecule has 1 heterocycles. The molecule has 0 spiro atoms. The van der Waals surface area contributed by atoms with Crippen molar-refractivity contribution < 1.29 is 17.9 Å². The molecule has 20 heavy (non-hydrogen) atoms. The molecule has 7 nitrogen and oxygen atoms in total. The summed E-state index contributed by atoms with van der Waals surface area (Å²) in [5.74, 6) is -0.233. The first-order valence-corrected chi connectivity index (χ1v) is 8.39. The molecule has 0 saturated carbocycles. The van der Waals surface area contributed by atoms with Crippen LogP contribution in [-0.4, -0.2) is 80.8 Å². The highest BCUT2D eigenvalue weighted by molar-refractivity contribution is 7.86. The first-order valence-electron chi connectivity index (χ1n) is 7.00. The van der Waals surface area contributed by atoms with Crippen LogP contribution in [0.4, 0.5) is 0 Å². The minimum atomic E-state index is -3.34. The topological polar surface area (TPSA) is 70.2 Å². The minimum absolute atomic E-state index is 0.233. The molecule has 0 bridgehead atoms. The molecule has 0 aliphatic carbocycles. The zero-order chi connectivity index (χ0) is 15.2. The van der Waals surface area contributed by atoms with Crippen molar-refractivity contribution in [1.82, 2.24) is 13.5 Å². The predicted molar refractivity (Wildman–Crippen MR) is 76.5 cm³/mol. The number of hydrogen-bond donors (Lipinski definition) is 0. The molecule has 0 atom stereocenters. The second kappa shape index (κ2) is 7.92. The molecular weight excluding hydrogens is 282 g/mol. The Bertz CT molecular complexity index is 401. The van der Waals surface area contributed by atoms with Crippen LogP contribution in [0.5, 0.6) is 0 Å². The van der Waals surface area contributed by atoms with Crippen LogP contribution in [0, 0.1) is 0 Å². The summed E-state index contributed by atoms with van der Waals surface area (Å²) in [5.41, 5.74) is 0. The maximum Gasteiger partial charge on any atom is 0.306 e. The van der Waals surface area contributed by atoms with Crippen LogP contribution in [0.3, 0.4) is 0 Å². The van der Waals surface area contributed by atoms with Gasteiger partial charge in [-0.15, -0.1) is 0 Å². The molecule has 1 saturated heterocycles. The zero-order valence-electron chi connectivity index (χ0n) is 12.5. The molecule has 0 amide bonds. The van der Waals surface area contributed by atoms with E-state index in [4.69, 9.17) is 0 Å². The van der Waals surface area contributed by atoms with E-state index in [0.29, 0.717) is 52.2 Å². The van der Waals surface area contributed by atoms with E-state index < -0.39 is 10.2 Å². The van der Waals surface area contributed by atoms with E-state index in [1.165, 1.54) is 15.7 Å². The second-order valence-corrected chi connectivity index (χ2v) is 6.59. The number of hydrogen-bond acceptors (Lipinski definition) is 5. The number of methoxy groups -OCH3 is 1. The summed E-state index contributed by atoms with van der Waals surface area (Å²) in [4.78, 5) is 13.2. The standard InChI is InChI=1S/C12H25N3O4S/c1-4-14(5-2)20(17,18)15-10-8-13(9-11-15)7-6-12(16)19-3/h4-11H2,1-3H3. The quantitative estimate of drug-likeness (QED) is 0.607. The van der Waals surface area contributed by atoms with Gasteiger partial charge in [-0.05, 0) is 0 Å². The number of piperazine rings is 1. The Kier molecular flexibility index (Phi) is 6.87. The summed E-state index contributed by atoms with van der Waals surface area (Å²) in [5, 5.41) is 0. The molecular formula is C12H25N3O4S. The number of ether oxygens (including phenoxy) is 1. The molecule has 118 valence electrons. The van der Waals surface area contributed by atoms with E-state index in [0.717, 1.165) is 0 Å². The van der Waals surface area contributed by atoms with Gasteiger partial charge in [-0.25, -0.2) is 0 Å². The molecule has 1 aliphatic heterocycles. The lowest BCUT2D eigenvalue weighted by Crippen LogP contribution is -2.53. The lowest BCUT2D eigenvalue weighted by molar-refractivity contribution is -0.141. The molecule has 0 N–H and O–H groups in total. The van der Waals surface area contributed by atoms with Gasteiger partial charge in [0.25, 0.3) is 10.2 Å². The van der Waals surface area contributed by atoms with Crippen LogP contribution in [-0.2, 0) is 19.7 Å². The predicted octanol–water partition coefficient (Wildman–Crippen LogP) is -0.246. The van der Waals surface area contributed by atoms with Crippen LogP contribution in [0.1, 0.15) is 20.3 Å². The van der Waals surface area contributed by atoms with Crippen molar-refractivity contribution in [1.29, 1.82) is 0 Å². The molecule has 0 aromatic heterocycles. The molecule has 0 radical (unpaired) electrons. The third-order valence-corrected chi connectivity index (χ3v) is 5.74. The third kappa shape index (κ3) is 4.41. The smallest absolute Gasteiger partial charge is 0.306 e. The van der Waals surface area contributed by atoms with Gasteiger partial charge >= 0.3 is 5.97 Å². The summed E-state index contributed by atoms with van der Waals surface area (Å²) < 4.78 is 32.2. The Morgan fingerprint density at radius 1 is 1.15 bits per heavy atom. The highest BCUT2D eigenvalue weighted by Gasteiger charge is 2.30. The molecule has 1 aliphatic rings. The Balaban J connectivity index is 2.47. The van der Waals surface area contributed by atoms with Crippen LogP contribution >= 0.6 is 0 Å². The fourth-order valence-corrected chi connectivity index (χ4v) is 3.85. The molecule has 8 heteroatoms. The van der Waals surface area contributed by atoms with E-state index in [1.807, 2.05) is 13.8 Å². The van der Waals surface area contributed by atoms with Gasteiger partial charge in [0.05, 0.1) is 13.5 Å². The van der Waals surface area contributed by atoms with Crippen molar-refractivity contribution in [2.24, 2.45) is 0 Å². The van der Waals surface area contributed by atoms with E-state index in [-0.39, 0.29) is 5.97 Å². The Labute approximate surface area is 121 Å². The Morgan fingerprint density at radius 3 is 2.15 bits per heavy atom. The third-order valence-electron chi connectivity index (χ3n) is 3.55. The van der Waals surface area contributed by atoms with E-state index in [1.54, 1.807) is 0 Å². The number of carbonyl (C=O) groups is 1. The molecule has 1 rings (SSSR count). The van der Waals surface area contributed by atoms with Crippen molar-refractivity contribution in [3.63, 3.8) is 0 Å². The zero-order valence-corrected chi connectivity index (χ0v) is 13.4. The van der Waals surface area contributed by atoms with Gasteiger partial charge < -0.3 is 9.64 Å². The molecule has 0 aromatic rings. The first kappa shape index (κ1) is 17.4.